The summed E-state index contributed by atoms with van der Waals surface area (Å²) in [4.78, 5) is 24.8. The zero-order chi connectivity index (χ0) is 15.9. The highest BCUT2D eigenvalue weighted by molar-refractivity contribution is 5.83. The fraction of sp³-hybridized carbons (Fsp3) is 0.250. The number of benzene rings is 1. The predicted octanol–water partition coefficient (Wildman–Crippen LogP) is 2.08. The molecule has 6 heteroatoms. The maximum absolute atomic E-state index is 13.5. The van der Waals surface area contributed by atoms with Gasteiger partial charge < -0.3 is 14.6 Å². The summed E-state index contributed by atoms with van der Waals surface area (Å²) in [7, 11) is 0. The van der Waals surface area contributed by atoms with Crippen LogP contribution in [-0.2, 0) is 22.7 Å². The van der Waals surface area contributed by atoms with Crippen LogP contribution in [-0.4, -0.2) is 23.3 Å². The summed E-state index contributed by atoms with van der Waals surface area (Å²) in [6, 6.07) is 9.66. The number of halogens is 1. The lowest BCUT2D eigenvalue weighted by atomic mass is 10.2. The van der Waals surface area contributed by atoms with E-state index in [-0.39, 0.29) is 37.3 Å². The molecule has 1 aromatic heterocycles. The van der Waals surface area contributed by atoms with Crippen LogP contribution in [0.15, 0.2) is 47.1 Å². The molecule has 0 saturated heterocycles. The first kappa shape index (κ1) is 15.8. The number of amides is 2. The average molecular weight is 304 g/mol. The fourth-order valence-electron chi connectivity index (χ4n) is 1.93. The molecule has 0 bridgehead atoms. The Balaban J connectivity index is 1.88. The first-order chi connectivity index (χ1) is 10.6. The van der Waals surface area contributed by atoms with Crippen LogP contribution in [0.2, 0.25) is 0 Å². The third-order valence-electron chi connectivity index (χ3n) is 3.14. The van der Waals surface area contributed by atoms with E-state index in [2.05, 4.69) is 5.32 Å². The molecule has 22 heavy (non-hydrogen) atoms. The smallest absolute Gasteiger partial charge is 0.239 e. The first-order valence-corrected chi connectivity index (χ1v) is 6.84. The van der Waals surface area contributed by atoms with E-state index in [4.69, 9.17) is 4.42 Å². The van der Waals surface area contributed by atoms with E-state index in [1.54, 1.807) is 30.3 Å². The number of nitrogens with zero attached hydrogens (tertiary/aromatic N) is 1. The molecule has 0 aliphatic heterocycles. The molecule has 1 heterocycles. The topological polar surface area (TPSA) is 62.6 Å². The average Bonchev–Trinajstić information content (AvgIpc) is 2.98. The first-order valence-electron chi connectivity index (χ1n) is 6.84. The summed E-state index contributed by atoms with van der Waals surface area (Å²) in [6.07, 6.45) is 1.51. The van der Waals surface area contributed by atoms with E-state index in [1.165, 1.54) is 24.2 Å². The van der Waals surface area contributed by atoms with Crippen LogP contribution < -0.4 is 5.32 Å². The highest BCUT2D eigenvalue weighted by Crippen LogP contribution is 2.07. The Labute approximate surface area is 127 Å². The molecule has 0 spiro atoms. The van der Waals surface area contributed by atoms with Crippen molar-refractivity contribution < 1.29 is 18.4 Å². The van der Waals surface area contributed by atoms with E-state index >= 15 is 0 Å². The zero-order valence-corrected chi connectivity index (χ0v) is 12.2. The van der Waals surface area contributed by atoms with Crippen LogP contribution >= 0.6 is 0 Å². The normalized spacial score (nSPS) is 10.3. The lowest BCUT2D eigenvalue weighted by Gasteiger charge is -2.19. The number of carbonyl (C=O) groups excluding carboxylic acids is 2. The van der Waals surface area contributed by atoms with Gasteiger partial charge in [0.15, 0.2) is 0 Å². The predicted molar refractivity (Wildman–Crippen MR) is 78.0 cm³/mol. The van der Waals surface area contributed by atoms with Gasteiger partial charge >= 0.3 is 0 Å². The summed E-state index contributed by atoms with van der Waals surface area (Å²) in [5.74, 6) is -0.374. The molecular formula is C16H17FN2O3. The molecule has 0 aliphatic rings. The molecule has 1 N–H and O–H groups in total. The summed E-state index contributed by atoms with van der Waals surface area (Å²) >= 11 is 0. The Morgan fingerprint density at radius 1 is 1.23 bits per heavy atom. The summed E-state index contributed by atoms with van der Waals surface area (Å²) in [6.45, 7) is 1.57. The molecule has 0 saturated carbocycles. The standard InChI is InChI=1S/C16H17FN2O3/c1-12(20)19(10-14-6-4-8-22-14)11-16(21)18-9-13-5-2-3-7-15(13)17/h2-8H,9-11H2,1H3,(H,18,21). The minimum absolute atomic E-state index is 0.0814. The number of furan rings is 1. The van der Waals surface area contributed by atoms with Crippen molar-refractivity contribution in [3.63, 3.8) is 0 Å². The molecule has 2 rings (SSSR count). The van der Waals surface area contributed by atoms with Gasteiger partial charge in [0.2, 0.25) is 11.8 Å². The van der Waals surface area contributed by atoms with Crippen molar-refractivity contribution >= 4 is 11.8 Å². The van der Waals surface area contributed by atoms with Crippen LogP contribution in [0.4, 0.5) is 4.39 Å². The third kappa shape index (κ3) is 4.44. The van der Waals surface area contributed by atoms with Gasteiger partial charge in [0, 0.05) is 19.0 Å². The Kier molecular flexibility index (Phi) is 5.30. The van der Waals surface area contributed by atoms with E-state index < -0.39 is 0 Å². The second kappa shape index (κ2) is 7.40. The fourth-order valence-corrected chi connectivity index (χ4v) is 1.93. The molecular weight excluding hydrogens is 287 g/mol. The van der Waals surface area contributed by atoms with Crippen LogP contribution in [0.3, 0.4) is 0 Å². The Hall–Kier alpha value is -2.63. The summed E-state index contributed by atoms with van der Waals surface area (Å²) < 4.78 is 18.6. The van der Waals surface area contributed by atoms with Crippen LogP contribution in [0.25, 0.3) is 0 Å². The molecule has 0 aliphatic carbocycles. The van der Waals surface area contributed by atoms with Gasteiger partial charge in [-0.25, -0.2) is 4.39 Å². The van der Waals surface area contributed by atoms with Crippen LogP contribution in [0.5, 0.6) is 0 Å². The van der Waals surface area contributed by atoms with Gasteiger partial charge in [-0.3, -0.25) is 9.59 Å². The molecule has 2 amide bonds. The lowest BCUT2D eigenvalue weighted by molar-refractivity contribution is -0.135. The second-order valence-electron chi connectivity index (χ2n) is 4.82. The number of rotatable bonds is 6. The minimum Gasteiger partial charge on any atom is -0.467 e. The van der Waals surface area contributed by atoms with Gasteiger partial charge in [-0.1, -0.05) is 18.2 Å². The molecule has 116 valence electrons. The molecule has 0 radical (unpaired) electrons. The third-order valence-corrected chi connectivity index (χ3v) is 3.14. The van der Waals surface area contributed by atoms with Crippen molar-refractivity contribution in [2.45, 2.75) is 20.0 Å². The SMILES string of the molecule is CC(=O)N(CC(=O)NCc1ccccc1F)Cc1ccco1. The quantitative estimate of drug-likeness (QED) is 0.889. The van der Waals surface area contributed by atoms with Gasteiger partial charge in [-0.2, -0.15) is 0 Å². The molecule has 0 unspecified atom stereocenters. The van der Waals surface area contributed by atoms with Gasteiger partial charge in [-0.15, -0.1) is 0 Å². The van der Waals surface area contributed by atoms with E-state index in [1.807, 2.05) is 0 Å². The molecule has 5 nitrogen and oxygen atoms in total. The summed E-state index contributed by atoms with van der Waals surface area (Å²) in [5, 5.41) is 2.60. The highest BCUT2D eigenvalue weighted by Gasteiger charge is 2.15. The van der Waals surface area contributed by atoms with Gasteiger partial charge in [0.05, 0.1) is 19.4 Å². The van der Waals surface area contributed by atoms with E-state index in [9.17, 15) is 14.0 Å². The number of hydrogen-bond acceptors (Lipinski definition) is 3. The Morgan fingerprint density at radius 3 is 2.64 bits per heavy atom. The van der Waals surface area contributed by atoms with E-state index in [0.717, 1.165) is 0 Å². The van der Waals surface area contributed by atoms with Gasteiger partial charge in [0.25, 0.3) is 0 Å². The summed E-state index contributed by atoms with van der Waals surface area (Å²) in [5.41, 5.74) is 0.399. The Bertz CT molecular complexity index is 641. The molecule has 2 aromatic rings. The van der Waals surface area contributed by atoms with Crippen molar-refractivity contribution in [1.82, 2.24) is 10.2 Å². The zero-order valence-electron chi connectivity index (χ0n) is 12.2. The minimum atomic E-state index is -0.373. The molecule has 0 atom stereocenters. The van der Waals surface area contributed by atoms with Crippen molar-refractivity contribution in [3.05, 3.63) is 59.8 Å². The van der Waals surface area contributed by atoms with Crippen molar-refractivity contribution in [2.24, 2.45) is 0 Å². The molecule has 1 aromatic carbocycles. The largest absolute Gasteiger partial charge is 0.467 e. The van der Waals surface area contributed by atoms with Gasteiger partial charge in [0.1, 0.15) is 11.6 Å². The second-order valence-corrected chi connectivity index (χ2v) is 4.82. The van der Waals surface area contributed by atoms with Crippen molar-refractivity contribution in [3.8, 4) is 0 Å². The number of nitrogens with one attached hydrogen (secondary N) is 1. The number of carbonyl (C=O) groups is 2. The van der Waals surface area contributed by atoms with Crippen molar-refractivity contribution in [2.75, 3.05) is 6.54 Å². The lowest BCUT2D eigenvalue weighted by Crippen LogP contribution is -2.39. The van der Waals surface area contributed by atoms with Crippen LogP contribution in [0, 0.1) is 5.82 Å². The maximum atomic E-state index is 13.5. The highest BCUT2D eigenvalue weighted by atomic mass is 19.1. The van der Waals surface area contributed by atoms with E-state index in [0.29, 0.717) is 11.3 Å². The maximum Gasteiger partial charge on any atom is 0.239 e. The monoisotopic (exact) mass is 304 g/mol. The van der Waals surface area contributed by atoms with Crippen LogP contribution in [0.1, 0.15) is 18.2 Å². The van der Waals surface area contributed by atoms with Gasteiger partial charge in [-0.05, 0) is 18.2 Å². The van der Waals surface area contributed by atoms with Crippen molar-refractivity contribution in [1.29, 1.82) is 0 Å². The molecule has 0 fully saturated rings. The number of hydrogen-bond donors (Lipinski definition) is 1. The Morgan fingerprint density at radius 2 is 2.00 bits per heavy atom.